The number of esters is 6. The van der Waals surface area contributed by atoms with E-state index in [0.29, 0.717) is 68.3 Å². The molecule has 0 spiro atoms. The van der Waals surface area contributed by atoms with Gasteiger partial charge in [0.25, 0.3) is 10.1 Å². The summed E-state index contributed by atoms with van der Waals surface area (Å²) in [7, 11) is -3.43. The fourth-order valence-electron chi connectivity index (χ4n) is 19.5. The molecule has 3 heterocycles. The molecule has 10 atom stereocenters. The van der Waals surface area contributed by atoms with Crippen LogP contribution in [0.5, 0.6) is 0 Å². The Kier molecular flexibility index (Phi) is 47.5. The van der Waals surface area contributed by atoms with Gasteiger partial charge in [-0.3, -0.25) is 42.6 Å². The van der Waals surface area contributed by atoms with Gasteiger partial charge in [0.2, 0.25) is 17.9 Å². The molecule has 15 fully saturated rings. The van der Waals surface area contributed by atoms with E-state index in [-0.39, 0.29) is 199 Å². The van der Waals surface area contributed by atoms with Gasteiger partial charge >= 0.3 is 35.8 Å². The monoisotopic (exact) mass is 1670 g/mol. The zero-order chi connectivity index (χ0) is 77.5. The fraction of sp³-hybridized carbons (Fsp3) is 0.917. The van der Waals surface area contributed by atoms with Gasteiger partial charge in [-0.15, -0.1) is 0 Å². The van der Waals surface area contributed by atoms with Gasteiger partial charge in [-0.1, -0.05) is 178 Å². The molecule has 116 heavy (non-hydrogen) atoms. The molecule has 19 nitrogen and oxygen atoms in total. The van der Waals surface area contributed by atoms with Crippen molar-refractivity contribution in [1.82, 2.24) is 4.90 Å². The summed E-state index contributed by atoms with van der Waals surface area (Å²) in [6.07, 6.45) is 27.1. The van der Waals surface area contributed by atoms with Gasteiger partial charge in [0, 0.05) is 30.1 Å². The second kappa shape index (κ2) is 45.8. The van der Waals surface area contributed by atoms with E-state index >= 15 is 0 Å². The van der Waals surface area contributed by atoms with E-state index in [9.17, 15) is 51.9 Å². The molecule has 0 aromatic rings. The smallest absolute Gasteiger partial charge is 0.347 e. The van der Waals surface area contributed by atoms with Crippen LogP contribution in [0.25, 0.3) is 0 Å². The lowest BCUT2D eigenvalue weighted by atomic mass is 9.47. The van der Waals surface area contributed by atoms with Crippen LogP contribution in [0.2, 0.25) is 0 Å². The lowest BCUT2D eigenvalue weighted by Gasteiger charge is -2.62. The zero-order valence-corrected chi connectivity index (χ0v) is 68.9. The minimum Gasteiger partial charge on any atom is -0.463 e. The lowest BCUT2D eigenvalue weighted by Crippen LogP contribution is -2.63. The second-order valence-electron chi connectivity index (χ2n) is 38.7. The minimum atomic E-state index is -3.43. The van der Waals surface area contributed by atoms with Crippen molar-refractivity contribution in [3.05, 3.63) is 0 Å². The fourth-order valence-corrected chi connectivity index (χ4v) is 21.4. The molecule has 690 valence electrons. The van der Waals surface area contributed by atoms with E-state index < -0.39 is 50.1 Å². The number of carbonyl (C=O) groups excluding carboxylic acids is 8. The number of cyclic esters (lactones) is 1. The summed E-state index contributed by atoms with van der Waals surface area (Å²) in [4.78, 5) is 97.4. The van der Waals surface area contributed by atoms with E-state index in [0.717, 1.165) is 108 Å². The van der Waals surface area contributed by atoms with Crippen LogP contribution in [0.15, 0.2) is 0 Å². The van der Waals surface area contributed by atoms with Crippen LogP contribution in [0, 0.1) is 91.7 Å². The summed E-state index contributed by atoms with van der Waals surface area (Å²) in [6, 6.07) is 0.232. The van der Waals surface area contributed by atoms with Crippen molar-refractivity contribution in [1.29, 1.82) is 0 Å². The molecule has 12 aliphatic carbocycles. The van der Waals surface area contributed by atoms with E-state index in [1.54, 1.807) is 13.8 Å². The highest BCUT2D eigenvalue weighted by Gasteiger charge is 2.67. The molecule has 0 radical (unpaired) electrons. The normalized spacial score (nSPS) is 31.1. The highest BCUT2D eigenvalue weighted by Crippen LogP contribution is 2.63. The molecule has 15 rings (SSSR count). The van der Waals surface area contributed by atoms with Crippen LogP contribution in [0.3, 0.4) is 0 Å². The third-order valence-electron chi connectivity index (χ3n) is 28.6. The molecule has 12 saturated carbocycles. The first kappa shape index (κ1) is 120. The quantitative estimate of drug-likeness (QED) is 0.0545. The van der Waals surface area contributed by atoms with Gasteiger partial charge in [-0.25, -0.2) is 4.79 Å². The Hall–Kier alpha value is -4.17. The van der Waals surface area contributed by atoms with Crippen LogP contribution in [0.4, 0.5) is 0 Å². The topological polar surface area (TPSA) is 259 Å². The molecule has 1 N–H and O–H groups in total. The van der Waals surface area contributed by atoms with E-state index in [4.69, 9.17) is 32.6 Å². The number of aliphatic hydroxyl groups is 1. The Morgan fingerprint density at radius 1 is 0.500 bits per heavy atom. The first-order chi connectivity index (χ1) is 48.2. The highest BCUT2D eigenvalue weighted by atomic mass is 32.2. The molecule has 10 bridgehead atoms. The number of β-lactam (4-membered cyclic amide) rings is 1. The molecule has 2 amide bonds. The Morgan fingerprint density at radius 2 is 0.922 bits per heavy atom. The highest BCUT2D eigenvalue weighted by molar-refractivity contribution is 7.87. The molecule has 3 aliphatic heterocycles. The van der Waals surface area contributed by atoms with Crippen molar-refractivity contribution < 1.29 is 84.5 Å². The number of carbonyl (C=O) groups is 8. The van der Waals surface area contributed by atoms with E-state index in [1.807, 2.05) is 104 Å². The van der Waals surface area contributed by atoms with Crippen molar-refractivity contribution in [2.75, 3.05) is 6.61 Å². The maximum atomic E-state index is 12.8. The van der Waals surface area contributed by atoms with E-state index in [2.05, 4.69) is 27.7 Å². The van der Waals surface area contributed by atoms with Gasteiger partial charge in [0.15, 0.2) is 0 Å². The molecule has 3 saturated heterocycles. The Balaban J connectivity index is -0.000000418. The van der Waals surface area contributed by atoms with Crippen molar-refractivity contribution in [2.24, 2.45) is 91.7 Å². The predicted molar refractivity (Wildman–Crippen MR) is 479 cm³/mol. The van der Waals surface area contributed by atoms with Gasteiger partial charge < -0.3 is 33.5 Å². The van der Waals surface area contributed by atoms with Gasteiger partial charge in [0.05, 0.1) is 56.5 Å². The molecule has 10 unspecified atom stereocenters. The lowest BCUT2D eigenvalue weighted by molar-refractivity contribution is -0.231. The Labute approximate surface area is 714 Å². The summed E-state index contributed by atoms with van der Waals surface area (Å²) < 4.78 is 62.4. The number of nitrogens with zero attached hydrogens (tertiary/aromatic N) is 1. The summed E-state index contributed by atoms with van der Waals surface area (Å²) in [5.74, 6) is 3.98. The summed E-state index contributed by atoms with van der Waals surface area (Å²) in [5, 5.41) is 10.3. The molecular formula is C96H187NO18S. The van der Waals surface area contributed by atoms with E-state index in [1.165, 1.54) is 62.7 Å². The maximum absolute atomic E-state index is 12.8. The number of ether oxygens (including phenoxy) is 6. The number of fused-ring (bicyclic) bond motifs is 2. The number of hydrogen-bond donors (Lipinski definition) is 1. The van der Waals surface area contributed by atoms with Crippen LogP contribution in [-0.2, 0) is 81.1 Å². The number of likely N-dealkylation sites (tertiary alicyclic amines) is 1. The van der Waals surface area contributed by atoms with Gasteiger partial charge in [-0.05, 0) is 271 Å². The maximum Gasteiger partial charge on any atom is 0.347 e. The second-order valence-corrected chi connectivity index (χ2v) is 40.5. The first-order valence-electron chi connectivity index (χ1n) is 41.0. The van der Waals surface area contributed by atoms with Gasteiger partial charge in [-0.2, -0.15) is 8.42 Å². The van der Waals surface area contributed by atoms with Crippen LogP contribution in [-0.4, -0.2) is 125 Å². The standard InChI is InChI=1S/C19H32O2.C16H26O3.C14H26O2.C13H20O5S.C12H19NO2.C10H16O4.12CH4/c1-6-18(4,5)17(20)21-19(12(2)3)15-8-13-7-14(10-15)11-16(19)9-13;1-4-14(2,3)13(17)19-16-8-11-5-12(9-16)7-15(18,6-11)10-16;1-5-13(3,4)12(15)16-14(6-2)10-8-7-9-11-14;1-4-13(2,3)12(14)17-10-7-5-8-9(6-7)19(15,16)18-11(8)10;1-4-12(2,3)11(15)13-9-7-5-6-8(9)10(13)14;1-4-10(2,3)9(12)14-7-5-6-13-8(7)11;;;;;;;;;;;;/h12-16H,6-11H2,1-5H3;11-12,18H,4-10H2,1-3H3;5-11H2,1-4H3;7-11H,4-6H2,1-3H3;8-9H,4-7H2,1-3H3;7H,4-6H2,1-3H3;12*1H4. The summed E-state index contributed by atoms with van der Waals surface area (Å²) in [5.41, 5.74) is -3.77. The molecule has 20 heteroatoms. The van der Waals surface area contributed by atoms with Crippen molar-refractivity contribution >= 4 is 57.7 Å². The minimum absolute atomic E-state index is 0. The largest absolute Gasteiger partial charge is 0.463 e. The number of rotatable bonds is 19. The molecule has 15 aliphatic rings. The Bertz CT molecular complexity index is 3150. The van der Waals surface area contributed by atoms with Crippen molar-refractivity contribution in [3.8, 4) is 0 Å². The number of hydrogen-bond acceptors (Lipinski definition) is 18. The SMILES string of the molecule is C.C.C.C.C.C.C.C.C.C.C.C.CCC(C)(C)C(=O)N1C(=O)C2CCCC21.CCC(C)(C)C(=O)OC1(C(C)C)C2CC3CC(C2)CC1C3.CCC(C)(C)C(=O)OC12CC3CC(CC(O)(C3)C1)C2.CCC(C)(C)C(=O)OC1C2CC3C1OS(=O)(=O)C3C2.CCC(C)(C)C(=O)OC1CCOC1=O.CCC1(OC(=O)C(C)(C)CC)CCCCC1. The average Bonchev–Trinajstić information content (AvgIpc) is 1.28. The molecular weight excluding hydrogens is 1490 g/mol. The average molecular weight is 1680 g/mol. The van der Waals surface area contributed by atoms with Crippen molar-refractivity contribution in [3.63, 3.8) is 0 Å². The first-order valence-corrected chi connectivity index (χ1v) is 42.5. The van der Waals surface area contributed by atoms with Crippen molar-refractivity contribution in [2.45, 2.75) is 473 Å². The zero-order valence-electron chi connectivity index (χ0n) is 68.1. The summed E-state index contributed by atoms with van der Waals surface area (Å²) in [6.45, 7) is 42.1. The predicted octanol–water partition coefficient (Wildman–Crippen LogP) is 24.3. The van der Waals surface area contributed by atoms with Crippen LogP contribution >= 0.6 is 0 Å². The third kappa shape index (κ3) is 25.7. The number of imide groups is 1. The van der Waals surface area contributed by atoms with Crippen LogP contribution in [0.1, 0.15) is 421 Å². The third-order valence-corrected chi connectivity index (χ3v) is 30.4. The van der Waals surface area contributed by atoms with Crippen LogP contribution < -0.4 is 0 Å². The molecule has 0 aromatic heterocycles. The van der Waals surface area contributed by atoms with Gasteiger partial charge in [0.1, 0.15) is 29.0 Å². The number of amides is 2. The summed E-state index contributed by atoms with van der Waals surface area (Å²) >= 11 is 0. The molecule has 0 aromatic carbocycles. The Morgan fingerprint density at radius 3 is 1.34 bits per heavy atom.